The zero-order valence-corrected chi connectivity index (χ0v) is 9.85. The highest BCUT2D eigenvalue weighted by atomic mass is 16.2. The molecule has 17 heavy (non-hydrogen) atoms. The molecule has 1 N–H and O–H groups in total. The monoisotopic (exact) mass is 232 g/mol. The first-order chi connectivity index (χ1) is 8.18. The maximum Gasteiger partial charge on any atom is 0.234 e. The largest absolute Gasteiger partial charge is 0.354 e. The molecule has 0 aromatic heterocycles. The van der Waals surface area contributed by atoms with Crippen LogP contribution in [0, 0.1) is 0 Å². The quantitative estimate of drug-likeness (QED) is 0.836. The number of benzene rings is 1. The third kappa shape index (κ3) is 2.71. The van der Waals surface area contributed by atoms with Crippen LogP contribution in [0.5, 0.6) is 0 Å². The third-order valence-corrected chi connectivity index (χ3v) is 2.93. The second kappa shape index (κ2) is 5.10. The van der Waals surface area contributed by atoms with E-state index in [9.17, 15) is 9.59 Å². The first-order valence-electron chi connectivity index (χ1n) is 5.74. The minimum atomic E-state index is -0.303. The van der Waals surface area contributed by atoms with Crippen LogP contribution < -0.4 is 5.32 Å². The van der Waals surface area contributed by atoms with E-state index >= 15 is 0 Å². The minimum Gasteiger partial charge on any atom is -0.354 e. The minimum absolute atomic E-state index is 0.0153. The SMILES string of the molecule is CC(=O)[C@@H](c1ccccc1)N1CCNC(=O)C1. The Balaban J connectivity index is 2.23. The molecule has 1 amide bonds. The maximum atomic E-state index is 11.8. The van der Waals surface area contributed by atoms with E-state index in [4.69, 9.17) is 0 Å². The zero-order valence-electron chi connectivity index (χ0n) is 9.85. The van der Waals surface area contributed by atoms with Gasteiger partial charge in [0.1, 0.15) is 0 Å². The zero-order chi connectivity index (χ0) is 12.3. The van der Waals surface area contributed by atoms with Gasteiger partial charge in [-0.3, -0.25) is 14.5 Å². The molecule has 0 spiro atoms. The summed E-state index contributed by atoms with van der Waals surface area (Å²) in [5.74, 6) is 0.0596. The Bertz CT molecular complexity index is 417. The lowest BCUT2D eigenvalue weighted by Gasteiger charge is -2.32. The van der Waals surface area contributed by atoms with E-state index in [-0.39, 0.29) is 17.7 Å². The lowest BCUT2D eigenvalue weighted by atomic mass is 10.0. The number of rotatable bonds is 3. The van der Waals surface area contributed by atoms with Gasteiger partial charge in [-0.15, -0.1) is 0 Å². The second-order valence-electron chi connectivity index (χ2n) is 4.24. The van der Waals surface area contributed by atoms with Crippen LogP contribution in [0.3, 0.4) is 0 Å². The summed E-state index contributed by atoms with van der Waals surface area (Å²) in [6.07, 6.45) is 0. The fraction of sp³-hybridized carbons (Fsp3) is 0.385. The van der Waals surface area contributed by atoms with Crippen molar-refractivity contribution < 1.29 is 9.59 Å². The number of carbonyl (C=O) groups is 2. The van der Waals surface area contributed by atoms with Gasteiger partial charge in [-0.05, 0) is 12.5 Å². The lowest BCUT2D eigenvalue weighted by Crippen LogP contribution is -2.50. The molecule has 4 heteroatoms. The summed E-state index contributed by atoms with van der Waals surface area (Å²) in [4.78, 5) is 25.1. The Morgan fingerprint density at radius 3 is 2.65 bits per heavy atom. The van der Waals surface area contributed by atoms with Gasteiger partial charge in [0.25, 0.3) is 0 Å². The van der Waals surface area contributed by atoms with Crippen LogP contribution in [-0.2, 0) is 9.59 Å². The van der Waals surface area contributed by atoms with Crippen LogP contribution in [0.4, 0.5) is 0 Å². The Morgan fingerprint density at radius 1 is 1.35 bits per heavy atom. The molecule has 1 saturated heterocycles. The number of nitrogens with zero attached hydrogens (tertiary/aromatic N) is 1. The van der Waals surface area contributed by atoms with Gasteiger partial charge in [-0.1, -0.05) is 30.3 Å². The standard InChI is InChI=1S/C13H16N2O2/c1-10(16)13(11-5-3-2-4-6-11)15-8-7-14-12(17)9-15/h2-6,13H,7-9H2,1H3,(H,14,17)/t13-/m0/s1. The molecule has 0 bridgehead atoms. The Labute approximate surface area is 101 Å². The van der Waals surface area contributed by atoms with Crippen LogP contribution in [0.15, 0.2) is 30.3 Å². The summed E-state index contributed by atoms with van der Waals surface area (Å²) in [5.41, 5.74) is 0.953. The molecule has 0 aliphatic carbocycles. The first-order valence-corrected chi connectivity index (χ1v) is 5.74. The molecule has 90 valence electrons. The van der Waals surface area contributed by atoms with E-state index in [0.29, 0.717) is 19.6 Å². The Morgan fingerprint density at radius 2 is 2.06 bits per heavy atom. The highest BCUT2D eigenvalue weighted by molar-refractivity contribution is 5.85. The van der Waals surface area contributed by atoms with Gasteiger partial charge in [0, 0.05) is 13.1 Å². The molecule has 1 heterocycles. The molecule has 0 radical (unpaired) electrons. The highest BCUT2D eigenvalue weighted by Gasteiger charge is 2.28. The van der Waals surface area contributed by atoms with Crippen molar-refractivity contribution in [3.05, 3.63) is 35.9 Å². The Hall–Kier alpha value is -1.68. The molecule has 1 aliphatic rings. The fourth-order valence-corrected chi connectivity index (χ4v) is 2.22. The highest BCUT2D eigenvalue weighted by Crippen LogP contribution is 2.21. The van der Waals surface area contributed by atoms with Crippen molar-refractivity contribution in [2.45, 2.75) is 13.0 Å². The van der Waals surface area contributed by atoms with E-state index in [1.165, 1.54) is 0 Å². The van der Waals surface area contributed by atoms with Gasteiger partial charge < -0.3 is 5.32 Å². The van der Waals surface area contributed by atoms with Crippen LogP contribution in [0.1, 0.15) is 18.5 Å². The van der Waals surface area contributed by atoms with E-state index in [1.807, 2.05) is 35.2 Å². The van der Waals surface area contributed by atoms with Gasteiger partial charge >= 0.3 is 0 Å². The van der Waals surface area contributed by atoms with Gasteiger partial charge in [0.15, 0.2) is 5.78 Å². The first kappa shape index (κ1) is 11.8. The van der Waals surface area contributed by atoms with Gasteiger partial charge in [-0.2, -0.15) is 0 Å². The average molecular weight is 232 g/mol. The summed E-state index contributed by atoms with van der Waals surface area (Å²) < 4.78 is 0. The molecule has 1 fully saturated rings. The predicted molar refractivity (Wildman–Crippen MR) is 64.4 cm³/mol. The van der Waals surface area contributed by atoms with Crippen LogP contribution in [0.25, 0.3) is 0 Å². The Kier molecular flexibility index (Phi) is 3.54. The summed E-state index contributed by atoms with van der Waals surface area (Å²) in [6, 6.07) is 9.30. The van der Waals surface area contributed by atoms with Crippen molar-refractivity contribution in [2.24, 2.45) is 0 Å². The fourth-order valence-electron chi connectivity index (χ4n) is 2.22. The molecule has 1 atom stereocenters. The van der Waals surface area contributed by atoms with Crippen LogP contribution >= 0.6 is 0 Å². The summed E-state index contributed by atoms with van der Waals surface area (Å²) in [7, 11) is 0. The molecule has 0 saturated carbocycles. The number of hydrogen-bond acceptors (Lipinski definition) is 3. The molecule has 1 aliphatic heterocycles. The molecular weight excluding hydrogens is 216 g/mol. The smallest absolute Gasteiger partial charge is 0.234 e. The number of amides is 1. The number of Topliss-reactive ketones (excluding diaryl/α,β-unsaturated/α-hetero) is 1. The lowest BCUT2D eigenvalue weighted by molar-refractivity contribution is -0.128. The van der Waals surface area contributed by atoms with E-state index in [0.717, 1.165) is 5.56 Å². The van der Waals surface area contributed by atoms with Crippen molar-refractivity contribution in [3.63, 3.8) is 0 Å². The molecular formula is C13H16N2O2. The van der Waals surface area contributed by atoms with Crippen molar-refractivity contribution >= 4 is 11.7 Å². The summed E-state index contributed by atoms with van der Waals surface area (Å²) in [5, 5.41) is 2.77. The topological polar surface area (TPSA) is 49.4 Å². The number of ketones is 1. The maximum absolute atomic E-state index is 11.8. The molecule has 4 nitrogen and oxygen atoms in total. The molecule has 0 unspecified atom stereocenters. The van der Waals surface area contributed by atoms with E-state index in [2.05, 4.69) is 5.32 Å². The van der Waals surface area contributed by atoms with Crippen molar-refractivity contribution in [1.82, 2.24) is 10.2 Å². The molecule has 1 aromatic carbocycles. The van der Waals surface area contributed by atoms with Crippen molar-refractivity contribution in [1.29, 1.82) is 0 Å². The second-order valence-corrected chi connectivity index (χ2v) is 4.24. The normalized spacial score (nSPS) is 18.5. The number of nitrogens with one attached hydrogen (secondary N) is 1. The van der Waals surface area contributed by atoms with Crippen molar-refractivity contribution in [3.8, 4) is 0 Å². The summed E-state index contributed by atoms with van der Waals surface area (Å²) in [6.45, 7) is 3.18. The van der Waals surface area contributed by atoms with Gasteiger partial charge in [0.2, 0.25) is 5.91 Å². The predicted octanol–water partition coefficient (Wildman–Crippen LogP) is 0.748. The van der Waals surface area contributed by atoms with Crippen molar-refractivity contribution in [2.75, 3.05) is 19.6 Å². The van der Waals surface area contributed by atoms with Gasteiger partial charge in [-0.25, -0.2) is 0 Å². The molecule has 2 rings (SSSR count). The molecule has 1 aromatic rings. The average Bonchev–Trinajstić information content (AvgIpc) is 2.30. The van der Waals surface area contributed by atoms with Crippen LogP contribution in [-0.4, -0.2) is 36.2 Å². The van der Waals surface area contributed by atoms with Gasteiger partial charge in [0.05, 0.1) is 12.6 Å². The third-order valence-electron chi connectivity index (χ3n) is 2.93. The van der Waals surface area contributed by atoms with E-state index < -0.39 is 0 Å². The van der Waals surface area contributed by atoms with E-state index in [1.54, 1.807) is 6.92 Å². The summed E-state index contributed by atoms with van der Waals surface area (Å²) >= 11 is 0. The number of hydrogen-bond donors (Lipinski definition) is 1. The number of carbonyl (C=O) groups excluding carboxylic acids is 2. The number of piperazine rings is 1. The van der Waals surface area contributed by atoms with Crippen LogP contribution in [0.2, 0.25) is 0 Å².